The number of benzene rings is 7. The molecule has 0 N–H and O–H groups in total. The van der Waals surface area contributed by atoms with Crippen molar-refractivity contribution in [1.29, 1.82) is 0 Å². The van der Waals surface area contributed by atoms with Crippen molar-refractivity contribution < 1.29 is 0 Å². The van der Waals surface area contributed by atoms with Crippen LogP contribution in [-0.2, 0) is 37.9 Å². The maximum atomic E-state index is 2.95. The smallest absolute Gasteiger partial charge is 0.252 e. The van der Waals surface area contributed by atoms with Crippen molar-refractivity contribution in [1.82, 2.24) is 0 Å². The molecule has 0 spiro atoms. The van der Waals surface area contributed by atoms with Gasteiger partial charge in [-0.1, -0.05) is 215 Å². The van der Waals surface area contributed by atoms with E-state index in [1.54, 1.807) is 11.1 Å². The number of anilines is 7. The van der Waals surface area contributed by atoms with Gasteiger partial charge in [-0.25, -0.2) is 0 Å². The van der Waals surface area contributed by atoms with Crippen LogP contribution in [0.1, 0.15) is 201 Å². The van der Waals surface area contributed by atoms with Crippen LogP contribution in [0.3, 0.4) is 0 Å². The van der Waals surface area contributed by atoms with Crippen LogP contribution in [0.25, 0.3) is 16.6 Å². The van der Waals surface area contributed by atoms with Crippen molar-refractivity contribution in [3.63, 3.8) is 0 Å². The minimum absolute atomic E-state index is 0.0118. The van der Waals surface area contributed by atoms with Crippen molar-refractivity contribution in [2.24, 2.45) is 0 Å². The van der Waals surface area contributed by atoms with E-state index in [-0.39, 0.29) is 50.2 Å². The molecule has 3 heterocycles. The van der Waals surface area contributed by atoms with Crippen LogP contribution in [0.5, 0.6) is 0 Å². The molecule has 0 saturated heterocycles. The Bertz CT molecular complexity index is 3680. The maximum Gasteiger partial charge on any atom is 0.252 e. The van der Waals surface area contributed by atoms with E-state index in [1.807, 2.05) is 0 Å². The highest BCUT2D eigenvalue weighted by Gasteiger charge is 2.63. The highest BCUT2D eigenvalue weighted by atomic mass is 15.3. The summed E-state index contributed by atoms with van der Waals surface area (Å²) in [5.74, 6) is 0. The minimum Gasteiger partial charge on any atom is -0.335 e. The number of rotatable bonds is 5. The molecule has 404 valence electrons. The summed E-state index contributed by atoms with van der Waals surface area (Å²) in [7, 11) is 0. The monoisotopic (exact) mass is 1040 g/mol. The van der Waals surface area contributed by atoms with Crippen molar-refractivity contribution in [3.8, 4) is 11.1 Å². The molecule has 1 fully saturated rings. The molecule has 3 aliphatic heterocycles. The highest BCUT2D eigenvalue weighted by molar-refractivity contribution is 7.03. The SMILES string of the molecule is CC(C)(C)c1ccc(N2C3=C(B4c5cc(C(C)(C)C)cc6c5N(c5cc(N(c7ccc(C(C)(C)C)cc7)c7cccc(-c8ccccc8)c7)cc2c54)C2(C)CCCCC62C)c2cc4c(cc2C3(C)C)C(C)(C)CCC4(C)C)cc1. The highest BCUT2D eigenvalue weighted by Crippen LogP contribution is 2.65. The molecule has 2 atom stereocenters. The summed E-state index contributed by atoms with van der Waals surface area (Å²) in [4.78, 5) is 8.32. The molecule has 0 radical (unpaired) electrons. The predicted octanol–water partition coefficient (Wildman–Crippen LogP) is 19.1. The van der Waals surface area contributed by atoms with E-state index in [0.29, 0.717) is 0 Å². The third kappa shape index (κ3) is 7.57. The summed E-state index contributed by atoms with van der Waals surface area (Å²) in [6.45, 7) is 41.8. The minimum atomic E-state index is -0.339. The zero-order valence-electron chi connectivity index (χ0n) is 50.9. The third-order valence-corrected chi connectivity index (χ3v) is 21.1. The van der Waals surface area contributed by atoms with Crippen LogP contribution < -0.4 is 25.6 Å². The summed E-state index contributed by atoms with van der Waals surface area (Å²) in [5.41, 5.74) is 28.5. The van der Waals surface area contributed by atoms with E-state index in [1.165, 1.54) is 127 Å². The van der Waals surface area contributed by atoms with E-state index in [2.05, 4.69) is 272 Å². The molecule has 2 unspecified atom stereocenters. The molecular weight excluding hydrogens is 954 g/mol. The first kappa shape index (κ1) is 52.1. The third-order valence-electron chi connectivity index (χ3n) is 21.1. The van der Waals surface area contributed by atoms with Gasteiger partial charge in [0.25, 0.3) is 6.71 Å². The average Bonchev–Trinajstić information content (AvgIpc) is 2.16. The molecule has 0 amide bonds. The molecule has 1 saturated carbocycles. The van der Waals surface area contributed by atoms with E-state index in [4.69, 9.17) is 0 Å². The first-order valence-corrected chi connectivity index (χ1v) is 30.1. The Morgan fingerprint density at radius 2 is 1.05 bits per heavy atom. The van der Waals surface area contributed by atoms with Gasteiger partial charge in [0.05, 0.1) is 11.2 Å². The van der Waals surface area contributed by atoms with Crippen LogP contribution in [0.2, 0.25) is 0 Å². The second-order valence-corrected chi connectivity index (χ2v) is 30.5. The van der Waals surface area contributed by atoms with Crippen molar-refractivity contribution in [2.75, 3.05) is 14.7 Å². The summed E-state index contributed by atoms with van der Waals surface area (Å²) in [6, 6.07) is 55.6. The van der Waals surface area contributed by atoms with Gasteiger partial charge in [0.2, 0.25) is 0 Å². The van der Waals surface area contributed by atoms with Crippen molar-refractivity contribution in [3.05, 3.63) is 190 Å². The molecule has 7 aromatic rings. The van der Waals surface area contributed by atoms with E-state index < -0.39 is 0 Å². The second-order valence-electron chi connectivity index (χ2n) is 30.5. The van der Waals surface area contributed by atoms with Crippen LogP contribution >= 0.6 is 0 Å². The van der Waals surface area contributed by atoms with Gasteiger partial charge in [-0.2, -0.15) is 0 Å². The Kier molecular flexibility index (Phi) is 11.2. The van der Waals surface area contributed by atoms with Gasteiger partial charge < -0.3 is 14.7 Å². The quantitative estimate of drug-likeness (QED) is 0.159. The van der Waals surface area contributed by atoms with Gasteiger partial charge in [0, 0.05) is 50.7 Å². The molecule has 3 nitrogen and oxygen atoms in total. The molecule has 0 aromatic heterocycles. The molecule has 13 rings (SSSR count). The summed E-state index contributed by atoms with van der Waals surface area (Å²) in [5, 5.41) is 0. The van der Waals surface area contributed by atoms with Crippen molar-refractivity contribution >= 4 is 62.9 Å². The molecule has 0 bridgehead atoms. The summed E-state index contributed by atoms with van der Waals surface area (Å²) in [6.07, 6.45) is 7.17. The lowest BCUT2D eigenvalue weighted by Gasteiger charge is -2.53. The standard InChI is InChI=1S/C75H86BN3/c1-68(2,3)49-28-32-52(33-29-49)77(54-27-23-26-48(40-54)47-24-19-18-20-25-47)55-43-62-65-63(44-55)79-66-60(74(16)36-21-22-37-75(74,79)17)41-51(70(7,8)9)42-61(66)76(65)64-56-45-58-59(72(12,13)39-38-71(58,10)11)46-57(56)73(14,15)67(64)78(62)53-34-30-50(31-35-53)69(4,5)6/h18-20,23-35,40-46H,21-22,36-39H2,1-17H3. The molecule has 4 heteroatoms. The maximum absolute atomic E-state index is 2.95. The van der Waals surface area contributed by atoms with Gasteiger partial charge in [0.1, 0.15) is 0 Å². The van der Waals surface area contributed by atoms with Crippen molar-refractivity contribution in [2.45, 2.75) is 200 Å². The fourth-order valence-electron chi connectivity index (χ4n) is 15.9. The largest absolute Gasteiger partial charge is 0.335 e. The van der Waals surface area contributed by atoms with Crippen LogP contribution in [0.4, 0.5) is 39.8 Å². The van der Waals surface area contributed by atoms with E-state index >= 15 is 0 Å². The van der Waals surface area contributed by atoms with Crippen LogP contribution in [0.15, 0.2) is 145 Å². The fourth-order valence-corrected chi connectivity index (χ4v) is 15.9. The van der Waals surface area contributed by atoms with Crippen LogP contribution in [-0.4, -0.2) is 12.3 Å². The number of hydrogen-bond acceptors (Lipinski definition) is 3. The van der Waals surface area contributed by atoms with Gasteiger partial charge in [0.15, 0.2) is 0 Å². The predicted molar refractivity (Wildman–Crippen MR) is 341 cm³/mol. The van der Waals surface area contributed by atoms with Gasteiger partial charge in [-0.05, 0) is 180 Å². The Hall–Kier alpha value is -6.26. The Balaban J connectivity index is 1.18. The Labute approximate surface area is 475 Å². The molecule has 7 aromatic carbocycles. The van der Waals surface area contributed by atoms with E-state index in [0.717, 1.165) is 17.8 Å². The Morgan fingerprint density at radius 3 is 1.68 bits per heavy atom. The molecular formula is C75H86BN3. The summed E-state index contributed by atoms with van der Waals surface area (Å²) >= 11 is 0. The zero-order valence-corrected chi connectivity index (χ0v) is 50.9. The number of nitrogens with zero attached hydrogens (tertiary/aromatic N) is 3. The lowest BCUT2D eigenvalue weighted by Crippen LogP contribution is -2.61. The summed E-state index contributed by atoms with van der Waals surface area (Å²) < 4.78 is 0. The number of hydrogen-bond donors (Lipinski definition) is 0. The molecule has 79 heavy (non-hydrogen) atoms. The number of allylic oxidation sites excluding steroid dienone is 1. The normalized spacial score (nSPS) is 22.0. The topological polar surface area (TPSA) is 9.72 Å². The first-order valence-electron chi connectivity index (χ1n) is 30.1. The average molecular weight is 1040 g/mol. The zero-order chi connectivity index (χ0) is 55.9. The fraction of sp³-hybridized carbons (Fsp3) is 0.413. The first-order chi connectivity index (χ1) is 37.0. The lowest BCUT2D eigenvalue weighted by atomic mass is 9.32. The molecule has 6 aliphatic rings. The van der Waals surface area contributed by atoms with Gasteiger partial charge in [-0.3, -0.25) is 0 Å². The molecule has 3 aliphatic carbocycles. The van der Waals surface area contributed by atoms with Gasteiger partial charge >= 0.3 is 0 Å². The lowest BCUT2D eigenvalue weighted by molar-refractivity contribution is 0.195. The van der Waals surface area contributed by atoms with Crippen LogP contribution in [0, 0.1) is 0 Å². The number of fused-ring (bicyclic) bond motifs is 9. The second kappa shape index (κ2) is 16.9. The Morgan fingerprint density at radius 1 is 0.468 bits per heavy atom. The van der Waals surface area contributed by atoms with E-state index in [9.17, 15) is 0 Å². The van der Waals surface area contributed by atoms with Gasteiger partial charge in [-0.15, -0.1) is 0 Å².